The lowest BCUT2D eigenvalue weighted by Crippen LogP contribution is -2.11. The summed E-state index contributed by atoms with van der Waals surface area (Å²) >= 11 is 0. The zero-order chi connectivity index (χ0) is 32.3. The van der Waals surface area contributed by atoms with Crippen molar-refractivity contribution in [2.45, 2.75) is 0 Å². The predicted octanol–water partition coefficient (Wildman–Crippen LogP) is 13.4. The number of rotatable bonds is 5. The summed E-state index contributed by atoms with van der Waals surface area (Å²) in [5, 5.41) is 6.84. The molecule has 0 spiro atoms. The molecule has 10 aromatic rings. The van der Waals surface area contributed by atoms with E-state index >= 15 is 0 Å². The fourth-order valence-corrected chi connectivity index (χ4v) is 7.32. The van der Waals surface area contributed by atoms with Crippen molar-refractivity contribution in [2.75, 3.05) is 4.90 Å². The highest BCUT2D eigenvalue weighted by molar-refractivity contribution is 6.11. The molecule has 0 aliphatic rings. The maximum absolute atomic E-state index is 6.39. The third-order valence-electron chi connectivity index (χ3n) is 9.65. The van der Waals surface area contributed by atoms with Gasteiger partial charge in [0.25, 0.3) is 0 Å². The van der Waals surface area contributed by atoms with Gasteiger partial charge in [0.1, 0.15) is 22.3 Å². The Hall–Kier alpha value is -6.58. The molecular weight excluding hydrogens is 599 g/mol. The van der Waals surface area contributed by atoms with Gasteiger partial charge in [-0.2, -0.15) is 0 Å². The fraction of sp³-hybridized carbons (Fsp3) is 0. The highest BCUT2D eigenvalue weighted by atomic mass is 16.3. The number of para-hydroxylation sites is 4. The summed E-state index contributed by atoms with van der Waals surface area (Å²) < 4.78 is 12.7. The van der Waals surface area contributed by atoms with Gasteiger partial charge < -0.3 is 13.7 Å². The number of benzene rings is 8. The molecule has 2 aromatic heterocycles. The Labute approximate surface area is 282 Å². The molecule has 49 heavy (non-hydrogen) atoms. The first-order chi connectivity index (χ1) is 24.3. The molecule has 10 rings (SSSR count). The fourth-order valence-electron chi connectivity index (χ4n) is 7.32. The van der Waals surface area contributed by atoms with Gasteiger partial charge in [0.15, 0.2) is 0 Å². The molecule has 8 aromatic carbocycles. The molecule has 0 saturated heterocycles. The van der Waals surface area contributed by atoms with Gasteiger partial charge in [-0.25, -0.2) is 0 Å². The summed E-state index contributed by atoms with van der Waals surface area (Å²) in [5.74, 6) is 0. The van der Waals surface area contributed by atoms with E-state index in [4.69, 9.17) is 8.83 Å². The number of hydrogen-bond donors (Lipinski definition) is 0. The van der Waals surface area contributed by atoms with Crippen LogP contribution in [0.2, 0.25) is 0 Å². The summed E-state index contributed by atoms with van der Waals surface area (Å²) in [7, 11) is 0. The molecule has 0 fully saturated rings. The number of nitrogens with zero attached hydrogens (tertiary/aromatic N) is 1. The Morgan fingerprint density at radius 2 is 0.980 bits per heavy atom. The Balaban J connectivity index is 1.14. The summed E-state index contributed by atoms with van der Waals surface area (Å²) in [4.78, 5) is 2.36. The Kier molecular flexibility index (Phi) is 6.18. The van der Waals surface area contributed by atoms with Crippen LogP contribution in [0.1, 0.15) is 0 Å². The van der Waals surface area contributed by atoms with E-state index in [2.05, 4.69) is 157 Å². The minimum absolute atomic E-state index is 0.895. The van der Waals surface area contributed by atoms with Crippen molar-refractivity contribution in [3.05, 3.63) is 176 Å². The van der Waals surface area contributed by atoms with Gasteiger partial charge in [-0.15, -0.1) is 0 Å². The minimum atomic E-state index is 0.895. The summed E-state index contributed by atoms with van der Waals surface area (Å²) in [6.07, 6.45) is 0. The van der Waals surface area contributed by atoms with Crippen LogP contribution in [0.25, 0.3) is 76.9 Å². The van der Waals surface area contributed by atoms with E-state index in [1.807, 2.05) is 24.3 Å². The normalized spacial score (nSPS) is 11.7. The largest absolute Gasteiger partial charge is 0.456 e. The molecule has 0 bridgehead atoms. The predicted molar refractivity (Wildman–Crippen MR) is 204 cm³/mol. The first-order valence-electron chi connectivity index (χ1n) is 16.6. The zero-order valence-corrected chi connectivity index (χ0v) is 26.5. The SMILES string of the molecule is c1ccc(-c2ccccc2N(c2ccc(-c3cccc4c3oc3ccccc34)cc2)c2ccc3cc4c(cc3c2)oc2ccccc24)cc1. The standard InChI is InChI=1S/C46H29NO2/c1-2-11-30(12-3-1)36-13-4-7-18-42(36)47(35-26-23-32-28-41-39-15-6-8-19-43(39)48-45(41)29-33(32)27-35)34-24-21-31(22-25-34)37-16-10-17-40-38-14-5-9-20-44(38)49-46(37)40/h1-29H. The second kappa shape index (κ2) is 11.0. The second-order valence-corrected chi connectivity index (χ2v) is 12.5. The highest BCUT2D eigenvalue weighted by Gasteiger charge is 2.19. The first kappa shape index (κ1) is 27.5. The average Bonchev–Trinajstić information content (AvgIpc) is 3.73. The lowest BCUT2D eigenvalue weighted by molar-refractivity contribution is 0.669. The number of furan rings is 2. The van der Waals surface area contributed by atoms with Crippen molar-refractivity contribution in [1.29, 1.82) is 0 Å². The molecule has 3 heteroatoms. The van der Waals surface area contributed by atoms with Crippen molar-refractivity contribution in [3.63, 3.8) is 0 Å². The van der Waals surface area contributed by atoms with Crippen LogP contribution in [-0.2, 0) is 0 Å². The van der Waals surface area contributed by atoms with Crippen molar-refractivity contribution >= 4 is 71.7 Å². The average molecular weight is 628 g/mol. The van der Waals surface area contributed by atoms with Crippen LogP contribution < -0.4 is 4.90 Å². The van der Waals surface area contributed by atoms with E-state index in [0.717, 1.165) is 83.0 Å². The quantitative estimate of drug-likeness (QED) is 0.190. The van der Waals surface area contributed by atoms with E-state index in [9.17, 15) is 0 Å². The molecule has 0 unspecified atom stereocenters. The molecule has 0 amide bonds. The first-order valence-corrected chi connectivity index (χ1v) is 16.6. The lowest BCUT2D eigenvalue weighted by atomic mass is 9.99. The Morgan fingerprint density at radius 1 is 0.347 bits per heavy atom. The van der Waals surface area contributed by atoms with E-state index in [0.29, 0.717) is 0 Å². The maximum atomic E-state index is 6.39. The van der Waals surface area contributed by atoms with Gasteiger partial charge in [0, 0.05) is 44.0 Å². The smallest absolute Gasteiger partial charge is 0.143 e. The maximum Gasteiger partial charge on any atom is 0.143 e. The number of anilines is 3. The van der Waals surface area contributed by atoms with Crippen LogP contribution in [0.4, 0.5) is 17.1 Å². The zero-order valence-electron chi connectivity index (χ0n) is 26.5. The molecule has 3 nitrogen and oxygen atoms in total. The van der Waals surface area contributed by atoms with Crippen molar-refractivity contribution in [2.24, 2.45) is 0 Å². The molecule has 0 aliphatic carbocycles. The monoisotopic (exact) mass is 627 g/mol. The molecular formula is C46H29NO2. The van der Waals surface area contributed by atoms with Gasteiger partial charge in [0.2, 0.25) is 0 Å². The van der Waals surface area contributed by atoms with Gasteiger partial charge in [0.05, 0.1) is 5.69 Å². The van der Waals surface area contributed by atoms with E-state index < -0.39 is 0 Å². The van der Waals surface area contributed by atoms with Crippen LogP contribution in [0.15, 0.2) is 185 Å². The third-order valence-corrected chi connectivity index (χ3v) is 9.65. The van der Waals surface area contributed by atoms with Crippen molar-refractivity contribution in [1.82, 2.24) is 0 Å². The Bertz CT molecular complexity index is 2830. The molecule has 0 atom stereocenters. The van der Waals surface area contributed by atoms with Crippen LogP contribution in [0.3, 0.4) is 0 Å². The van der Waals surface area contributed by atoms with E-state index in [1.54, 1.807) is 0 Å². The summed E-state index contributed by atoms with van der Waals surface area (Å²) in [6.45, 7) is 0. The minimum Gasteiger partial charge on any atom is -0.456 e. The van der Waals surface area contributed by atoms with Gasteiger partial charge in [-0.05, 0) is 76.5 Å². The van der Waals surface area contributed by atoms with Crippen molar-refractivity contribution in [3.8, 4) is 22.3 Å². The van der Waals surface area contributed by atoms with E-state index in [1.165, 1.54) is 10.9 Å². The van der Waals surface area contributed by atoms with Crippen LogP contribution >= 0.6 is 0 Å². The van der Waals surface area contributed by atoms with Crippen molar-refractivity contribution < 1.29 is 8.83 Å². The van der Waals surface area contributed by atoms with Gasteiger partial charge in [-0.1, -0.05) is 121 Å². The summed E-state index contributed by atoms with van der Waals surface area (Å²) in [5.41, 5.74) is 11.4. The summed E-state index contributed by atoms with van der Waals surface area (Å²) in [6, 6.07) is 62.1. The van der Waals surface area contributed by atoms with Gasteiger partial charge in [-0.3, -0.25) is 0 Å². The Morgan fingerprint density at radius 3 is 1.82 bits per heavy atom. The number of hydrogen-bond acceptors (Lipinski definition) is 3. The topological polar surface area (TPSA) is 29.5 Å². The molecule has 0 radical (unpaired) electrons. The highest BCUT2D eigenvalue weighted by Crippen LogP contribution is 2.43. The molecule has 2 heterocycles. The van der Waals surface area contributed by atoms with Crippen LogP contribution in [0.5, 0.6) is 0 Å². The second-order valence-electron chi connectivity index (χ2n) is 12.5. The third kappa shape index (κ3) is 4.51. The molecule has 230 valence electrons. The lowest BCUT2D eigenvalue weighted by Gasteiger charge is -2.28. The number of fused-ring (bicyclic) bond motifs is 7. The van der Waals surface area contributed by atoms with Gasteiger partial charge >= 0.3 is 0 Å². The van der Waals surface area contributed by atoms with Crippen LogP contribution in [-0.4, -0.2) is 0 Å². The molecule has 0 saturated carbocycles. The molecule has 0 N–H and O–H groups in total. The van der Waals surface area contributed by atoms with E-state index in [-0.39, 0.29) is 0 Å². The van der Waals surface area contributed by atoms with Crippen LogP contribution in [0, 0.1) is 0 Å². The molecule has 0 aliphatic heterocycles.